The van der Waals surface area contributed by atoms with Gasteiger partial charge in [0.05, 0.1) is 5.69 Å². The number of benzene rings is 2. The highest BCUT2D eigenvalue weighted by molar-refractivity contribution is 9.10. The molecule has 1 aliphatic heterocycles. The Kier molecular flexibility index (Phi) is 2.78. The molecule has 92 valence electrons. The highest BCUT2D eigenvalue weighted by Crippen LogP contribution is 2.41. The summed E-state index contributed by atoms with van der Waals surface area (Å²) in [6.07, 6.45) is 1.09. The van der Waals surface area contributed by atoms with Crippen LogP contribution in [0.4, 0.5) is 17.1 Å². The van der Waals surface area contributed by atoms with Crippen LogP contribution in [0, 0.1) is 0 Å². The fourth-order valence-electron chi connectivity index (χ4n) is 2.65. The van der Waals surface area contributed by atoms with Crippen LogP contribution in [0.25, 0.3) is 0 Å². The molecule has 2 aromatic rings. The first kappa shape index (κ1) is 11.6. The zero-order valence-corrected chi connectivity index (χ0v) is 11.8. The summed E-state index contributed by atoms with van der Waals surface area (Å²) in [6, 6.07) is 15.1. The maximum absolute atomic E-state index is 5.81. The second-order valence-corrected chi connectivity index (χ2v) is 5.62. The van der Waals surface area contributed by atoms with E-state index in [1.807, 2.05) is 12.1 Å². The fraction of sp³-hybridized carbons (Fsp3) is 0.200. The van der Waals surface area contributed by atoms with Gasteiger partial charge in [-0.3, -0.25) is 0 Å². The minimum Gasteiger partial charge on any atom is -0.399 e. The Bertz CT molecular complexity index is 595. The molecule has 18 heavy (non-hydrogen) atoms. The number of hydrogen-bond acceptors (Lipinski definition) is 2. The minimum absolute atomic E-state index is 0.474. The van der Waals surface area contributed by atoms with E-state index in [1.165, 1.54) is 16.9 Å². The fourth-order valence-corrected chi connectivity index (χ4v) is 3.24. The Morgan fingerprint density at radius 1 is 1.17 bits per heavy atom. The van der Waals surface area contributed by atoms with Crippen LogP contribution >= 0.6 is 15.9 Å². The van der Waals surface area contributed by atoms with Gasteiger partial charge in [-0.05, 0) is 59.1 Å². The van der Waals surface area contributed by atoms with Crippen molar-refractivity contribution in [2.45, 2.75) is 19.4 Å². The van der Waals surface area contributed by atoms with E-state index in [0.29, 0.717) is 6.04 Å². The molecular formula is C15H15BrN2. The number of nitrogens with zero attached hydrogens (tertiary/aromatic N) is 1. The lowest BCUT2D eigenvalue weighted by Crippen LogP contribution is -2.24. The molecule has 0 saturated heterocycles. The van der Waals surface area contributed by atoms with Crippen molar-refractivity contribution in [2.24, 2.45) is 0 Å². The molecule has 0 aliphatic carbocycles. The van der Waals surface area contributed by atoms with Crippen molar-refractivity contribution in [3.8, 4) is 0 Å². The van der Waals surface area contributed by atoms with Crippen molar-refractivity contribution in [2.75, 3.05) is 10.6 Å². The first-order valence-electron chi connectivity index (χ1n) is 6.09. The van der Waals surface area contributed by atoms with E-state index in [0.717, 1.165) is 16.6 Å². The number of halogens is 1. The first-order valence-corrected chi connectivity index (χ1v) is 6.88. The molecule has 0 amide bonds. The monoisotopic (exact) mass is 302 g/mol. The molecule has 1 unspecified atom stereocenters. The summed E-state index contributed by atoms with van der Waals surface area (Å²) >= 11 is 3.61. The zero-order chi connectivity index (χ0) is 12.7. The highest BCUT2D eigenvalue weighted by Gasteiger charge is 2.27. The van der Waals surface area contributed by atoms with Gasteiger partial charge < -0.3 is 10.6 Å². The molecule has 1 heterocycles. The number of para-hydroxylation sites is 1. The zero-order valence-electron chi connectivity index (χ0n) is 10.2. The Morgan fingerprint density at radius 2 is 1.94 bits per heavy atom. The number of nitrogens with two attached hydrogens (primary N) is 1. The Balaban J connectivity index is 2.12. The summed E-state index contributed by atoms with van der Waals surface area (Å²) in [7, 11) is 0. The molecule has 1 atom stereocenters. The number of anilines is 3. The molecular weight excluding hydrogens is 288 g/mol. The van der Waals surface area contributed by atoms with Gasteiger partial charge in [-0.1, -0.05) is 18.2 Å². The lowest BCUT2D eigenvalue weighted by molar-refractivity contribution is 0.758. The molecule has 0 spiro atoms. The van der Waals surface area contributed by atoms with Crippen LogP contribution in [0.3, 0.4) is 0 Å². The van der Waals surface area contributed by atoms with E-state index >= 15 is 0 Å². The third-order valence-corrected chi connectivity index (χ3v) is 4.07. The van der Waals surface area contributed by atoms with Gasteiger partial charge >= 0.3 is 0 Å². The van der Waals surface area contributed by atoms with Crippen molar-refractivity contribution < 1.29 is 0 Å². The topological polar surface area (TPSA) is 29.3 Å². The van der Waals surface area contributed by atoms with E-state index in [9.17, 15) is 0 Å². The number of fused-ring (bicyclic) bond motifs is 1. The van der Waals surface area contributed by atoms with E-state index < -0.39 is 0 Å². The van der Waals surface area contributed by atoms with Gasteiger partial charge in [0, 0.05) is 21.9 Å². The molecule has 2 aromatic carbocycles. The SMILES string of the molecule is CC1Cc2ccccc2N1c1ccc(N)cc1Br. The summed E-state index contributed by atoms with van der Waals surface area (Å²) in [4.78, 5) is 2.37. The second kappa shape index (κ2) is 4.32. The maximum atomic E-state index is 5.81. The molecule has 1 aliphatic rings. The van der Waals surface area contributed by atoms with Gasteiger partial charge in [-0.2, -0.15) is 0 Å². The van der Waals surface area contributed by atoms with Gasteiger partial charge in [-0.15, -0.1) is 0 Å². The third kappa shape index (κ3) is 1.79. The van der Waals surface area contributed by atoms with Crippen LogP contribution in [0.15, 0.2) is 46.9 Å². The van der Waals surface area contributed by atoms with Crippen molar-refractivity contribution >= 4 is 33.0 Å². The second-order valence-electron chi connectivity index (χ2n) is 4.76. The average Bonchev–Trinajstić information content (AvgIpc) is 2.66. The van der Waals surface area contributed by atoms with Crippen LogP contribution in [-0.2, 0) is 6.42 Å². The van der Waals surface area contributed by atoms with Gasteiger partial charge in [0.25, 0.3) is 0 Å². The van der Waals surface area contributed by atoms with Gasteiger partial charge in [-0.25, -0.2) is 0 Å². The quantitative estimate of drug-likeness (QED) is 0.803. The van der Waals surface area contributed by atoms with E-state index in [2.05, 4.69) is 58.1 Å². The molecule has 0 radical (unpaired) electrons. The van der Waals surface area contributed by atoms with Crippen molar-refractivity contribution in [1.29, 1.82) is 0 Å². The average molecular weight is 303 g/mol. The first-order chi connectivity index (χ1) is 8.66. The molecule has 2 nitrogen and oxygen atoms in total. The predicted molar refractivity (Wildman–Crippen MR) is 80.3 cm³/mol. The Hall–Kier alpha value is -1.48. The predicted octanol–water partition coefficient (Wildman–Crippen LogP) is 4.11. The standard InChI is InChI=1S/C15H15BrN2/c1-10-8-11-4-2-3-5-14(11)18(10)15-7-6-12(17)9-13(15)16/h2-7,9-10H,8,17H2,1H3. The van der Waals surface area contributed by atoms with Gasteiger partial charge in [0.2, 0.25) is 0 Å². The van der Waals surface area contributed by atoms with Gasteiger partial charge in [0.15, 0.2) is 0 Å². The Morgan fingerprint density at radius 3 is 2.72 bits per heavy atom. The number of nitrogen functional groups attached to an aromatic ring is 1. The number of hydrogen-bond donors (Lipinski definition) is 1. The molecule has 3 rings (SSSR count). The number of rotatable bonds is 1. The molecule has 0 saturated carbocycles. The summed E-state index contributed by atoms with van der Waals surface area (Å²) in [6.45, 7) is 2.25. The van der Waals surface area contributed by atoms with Crippen LogP contribution in [0.1, 0.15) is 12.5 Å². The maximum Gasteiger partial charge on any atom is 0.0559 e. The normalized spacial score (nSPS) is 17.9. The molecule has 2 N–H and O–H groups in total. The highest BCUT2D eigenvalue weighted by atomic mass is 79.9. The molecule has 0 aromatic heterocycles. The summed E-state index contributed by atoms with van der Waals surface area (Å²) < 4.78 is 1.05. The van der Waals surface area contributed by atoms with Crippen molar-refractivity contribution in [3.63, 3.8) is 0 Å². The smallest absolute Gasteiger partial charge is 0.0559 e. The molecule has 0 bridgehead atoms. The van der Waals surface area contributed by atoms with Crippen molar-refractivity contribution in [1.82, 2.24) is 0 Å². The summed E-state index contributed by atoms with van der Waals surface area (Å²) in [5, 5.41) is 0. The van der Waals surface area contributed by atoms with Crippen LogP contribution in [0.5, 0.6) is 0 Å². The largest absolute Gasteiger partial charge is 0.399 e. The van der Waals surface area contributed by atoms with E-state index in [4.69, 9.17) is 5.73 Å². The van der Waals surface area contributed by atoms with Crippen molar-refractivity contribution in [3.05, 3.63) is 52.5 Å². The lowest BCUT2D eigenvalue weighted by atomic mass is 10.1. The third-order valence-electron chi connectivity index (χ3n) is 3.44. The van der Waals surface area contributed by atoms with Crippen LogP contribution in [0.2, 0.25) is 0 Å². The van der Waals surface area contributed by atoms with E-state index in [1.54, 1.807) is 0 Å². The minimum atomic E-state index is 0.474. The van der Waals surface area contributed by atoms with Crippen LogP contribution < -0.4 is 10.6 Å². The lowest BCUT2D eigenvalue weighted by Gasteiger charge is -2.26. The van der Waals surface area contributed by atoms with Gasteiger partial charge in [0.1, 0.15) is 0 Å². The Labute approximate surface area is 116 Å². The van der Waals surface area contributed by atoms with E-state index in [-0.39, 0.29) is 0 Å². The molecule has 0 fully saturated rings. The summed E-state index contributed by atoms with van der Waals surface area (Å²) in [5.74, 6) is 0. The molecule has 3 heteroatoms. The summed E-state index contributed by atoms with van der Waals surface area (Å²) in [5.41, 5.74) is 10.5. The van der Waals surface area contributed by atoms with Crippen LogP contribution in [-0.4, -0.2) is 6.04 Å².